The average Bonchev–Trinajstić information content (AvgIpc) is 2.97. The van der Waals surface area contributed by atoms with Crippen molar-refractivity contribution in [2.75, 3.05) is 38.1 Å². The summed E-state index contributed by atoms with van der Waals surface area (Å²) in [6, 6.07) is 30.1. The van der Waals surface area contributed by atoms with Crippen molar-refractivity contribution in [1.82, 2.24) is 15.2 Å². The molecule has 0 aliphatic carbocycles. The third-order valence-corrected chi connectivity index (χ3v) is 7.32. The lowest BCUT2D eigenvalue weighted by atomic mass is 10.0. The van der Waals surface area contributed by atoms with Gasteiger partial charge in [0.15, 0.2) is 0 Å². The van der Waals surface area contributed by atoms with E-state index in [4.69, 9.17) is 9.72 Å². The summed E-state index contributed by atoms with van der Waals surface area (Å²) < 4.78 is 5.93. The number of nitrogens with zero attached hydrogens (tertiary/aromatic N) is 3. The number of pyridine rings is 1. The molecule has 0 unspecified atom stereocenters. The summed E-state index contributed by atoms with van der Waals surface area (Å²) in [6.45, 7) is 8.47. The van der Waals surface area contributed by atoms with Crippen LogP contribution in [0.15, 0.2) is 91.0 Å². The van der Waals surface area contributed by atoms with E-state index >= 15 is 0 Å². The molecule has 200 valence electrons. The molecule has 0 radical (unpaired) electrons. The average molecular weight is 521 g/mol. The van der Waals surface area contributed by atoms with Crippen LogP contribution in [-0.2, 0) is 6.61 Å². The minimum atomic E-state index is -0.165. The smallest absolute Gasteiger partial charge is 0.252 e. The molecular weight excluding hydrogens is 484 g/mol. The van der Waals surface area contributed by atoms with Gasteiger partial charge in [-0.1, -0.05) is 60.7 Å². The number of piperazine rings is 1. The zero-order chi connectivity index (χ0) is 27.2. The summed E-state index contributed by atoms with van der Waals surface area (Å²) in [4.78, 5) is 22.8. The predicted molar refractivity (Wildman–Crippen MR) is 157 cm³/mol. The largest absolute Gasteiger partial charge is 0.473 e. The fourth-order valence-corrected chi connectivity index (χ4v) is 4.83. The Morgan fingerprint density at radius 1 is 0.923 bits per heavy atom. The Bertz CT molecular complexity index is 1410. The van der Waals surface area contributed by atoms with Crippen molar-refractivity contribution in [3.63, 3.8) is 0 Å². The summed E-state index contributed by atoms with van der Waals surface area (Å²) in [5.41, 5.74) is 6.73. The molecule has 3 aromatic carbocycles. The summed E-state index contributed by atoms with van der Waals surface area (Å²) in [6.07, 6.45) is 0. The molecule has 4 aromatic rings. The van der Waals surface area contributed by atoms with Crippen molar-refractivity contribution in [3.8, 4) is 17.1 Å². The molecule has 1 fully saturated rings. The van der Waals surface area contributed by atoms with E-state index in [0.29, 0.717) is 12.5 Å². The van der Waals surface area contributed by atoms with Gasteiger partial charge in [0.2, 0.25) is 5.88 Å². The lowest BCUT2D eigenvalue weighted by Gasteiger charge is -2.34. The van der Waals surface area contributed by atoms with Gasteiger partial charge in [-0.2, -0.15) is 0 Å². The van der Waals surface area contributed by atoms with Crippen molar-refractivity contribution in [2.24, 2.45) is 0 Å². The molecule has 1 saturated heterocycles. The highest BCUT2D eigenvalue weighted by atomic mass is 16.5. The van der Waals surface area contributed by atoms with Crippen molar-refractivity contribution in [3.05, 3.63) is 113 Å². The SMILES string of the molecule is Cc1ccc(N2CCN(C)CC2)cc1C(=O)N[C@H](C)c1cccc(-c2cccc(OCc3ccccc3)n2)c1. The van der Waals surface area contributed by atoms with E-state index in [1.165, 1.54) is 0 Å². The number of carbonyl (C=O) groups excluding carboxylic acids is 1. The molecule has 0 bridgehead atoms. The monoisotopic (exact) mass is 520 g/mol. The second-order valence-electron chi connectivity index (χ2n) is 10.2. The minimum absolute atomic E-state index is 0.0594. The zero-order valence-corrected chi connectivity index (χ0v) is 22.9. The maximum Gasteiger partial charge on any atom is 0.252 e. The van der Waals surface area contributed by atoms with Gasteiger partial charge in [-0.25, -0.2) is 4.98 Å². The highest BCUT2D eigenvalue weighted by molar-refractivity contribution is 5.96. The lowest BCUT2D eigenvalue weighted by molar-refractivity contribution is 0.0939. The standard InChI is InChI=1S/C33H36N4O2/c1-24-15-16-29(37-19-17-36(3)18-20-37)22-30(24)33(38)34-25(2)27-11-7-12-28(21-27)31-13-8-14-32(35-31)39-23-26-9-5-4-6-10-26/h4-16,21-22,25H,17-20,23H2,1-3H3,(H,34,38)/t25-/m1/s1. The highest BCUT2D eigenvalue weighted by Crippen LogP contribution is 2.25. The van der Waals surface area contributed by atoms with E-state index in [0.717, 1.165) is 65.4 Å². The second-order valence-corrected chi connectivity index (χ2v) is 10.2. The van der Waals surface area contributed by atoms with Gasteiger partial charge in [-0.3, -0.25) is 4.79 Å². The van der Waals surface area contributed by atoms with Gasteiger partial charge in [0.05, 0.1) is 11.7 Å². The highest BCUT2D eigenvalue weighted by Gasteiger charge is 2.19. The van der Waals surface area contributed by atoms with Crippen molar-refractivity contribution in [2.45, 2.75) is 26.5 Å². The van der Waals surface area contributed by atoms with E-state index in [1.807, 2.05) is 92.7 Å². The van der Waals surface area contributed by atoms with Crippen LogP contribution >= 0.6 is 0 Å². The van der Waals surface area contributed by atoms with E-state index in [1.54, 1.807) is 0 Å². The number of aryl methyl sites for hydroxylation is 1. The minimum Gasteiger partial charge on any atom is -0.473 e. The Kier molecular flexibility index (Phi) is 8.23. The number of hydrogen-bond acceptors (Lipinski definition) is 5. The first-order valence-electron chi connectivity index (χ1n) is 13.6. The van der Waals surface area contributed by atoms with Crippen LogP contribution in [0.3, 0.4) is 0 Å². The summed E-state index contributed by atoms with van der Waals surface area (Å²) in [5, 5.41) is 3.21. The number of carbonyl (C=O) groups is 1. The van der Waals surface area contributed by atoms with Crippen molar-refractivity contribution >= 4 is 11.6 Å². The molecule has 39 heavy (non-hydrogen) atoms. The van der Waals surface area contributed by atoms with E-state index < -0.39 is 0 Å². The van der Waals surface area contributed by atoms with Gasteiger partial charge in [0, 0.05) is 49.1 Å². The molecule has 2 heterocycles. The Balaban J connectivity index is 1.27. The van der Waals surface area contributed by atoms with Crippen molar-refractivity contribution < 1.29 is 9.53 Å². The van der Waals surface area contributed by atoms with Gasteiger partial charge in [0.25, 0.3) is 5.91 Å². The number of rotatable bonds is 8. The molecule has 1 atom stereocenters. The number of anilines is 1. The Labute approximate surface area is 231 Å². The fourth-order valence-electron chi connectivity index (χ4n) is 4.83. The van der Waals surface area contributed by atoms with Crippen LogP contribution in [0.2, 0.25) is 0 Å². The van der Waals surface area contributed by atoms with E-state index in [2.05, 4.69) is 34.3 Å². The molecule has 5 rings (SSSR count). The summed E-state index contributed by atoms with van der Waals surface area (Å²) in [7, 11) is 2.15. The number of ether oxygens (including phenoxy) is 1. The molecule has 1 N–H and O–H groups in total. The number of nitrogens with one attached hydrogen (secondary N) is 1. The summed E-state index contributed by atoms with van der Waals surface area (Å²) >= 11 is 0. The first-order valence-corrected chi connectivity index (χ1v) is 13.6. The van der Waals surface area contributed by atoms with Gasteiger partial charge < -0.3 is 19.9 Å². The van der Waals surface area contributed by atoms with Crippen molar-refractivity contribution in [1.29, 1.82) is 0 Å². The van der Waals surface area contributed by atoms with E-state index in [9.17, 15) is 4.79 Å². The maximum absolute atomic E-state index is 13.4. The van der Waals surface area contributed by atoms with Crippen LogP contribution in [-0.4, -0.2) is 49.0 Å². The summed E-state index contributed by atoms with van der Waals surface area (Å²) in [5.74, 6) is 0.523. The number of benzene rings is 3. The topological polar surface area (TPSA) is 57.7 Å². The van der Waals surface area contributed by atoms with Crippen LogP contribution in [0.1, 0.15) is 40.0 Å². The van der Waals surface area contributed by atoms with Gasteiger partial charge in [-0.05, 0) is 61.9 Å². The number of likely N-dealkylation sites (N-methyl/N-ethyl adjacent to an activating group) is 1. The third-order valence-electron chi connectivity index (χ3n) is 7.32. The quantitative estimate of drug-likeness (QED) is 0.315. The van der Waals surface area contributed by atoms with Gasteiger partial charge in [0.1, 0.15) is 6.61 Å². The molecule has 1 amide bonds. The van der Waals surface area contributed by atoms with Crippen LogP contribution in [0.5, 0.6) is 5.88 Å². The Hall–Kier alpha value is -4.16. The maximum atomic E-state index is 13.4. The first kappa shape index (κ1) is 26.4. The van der Waals surface area contributed by atoms with Gasteiger partial charge >= 0.3 is 0 Å². The molecular formula is C33H36N4O2. The molecule has 1 aliphatic heterocycles. The Morgan fingerprint density at radius 2 is 1.69 bits per heavy atom. The molecule has 0 spiro atoms. The lowest BCUT2D eigenvalue weighted by Crippen LogP contribution is -2.44. The van der Waals surface area contributed by atoms with Gasteiger partial charge in [-0.15, -0.1) is 0 Å². The van der Waals surface area contributed by atoms with E-state index in [-0.39, 0.29) is 11.9 Å². The first-order chi connectivity index (χ1) is 19.0. The molecule has 0 saturated carbocycles. The molecule has 1 aliphatic rings. The predicted octanol–water partition coefficient (Wildman–Crippen LogP) is 5.88. The zero-order valence-electron chi connectivity index (χ0n) is 22.9. The number of aromatic nitrogens is 1. The third kappa shape index (κ3) is 6.65. The number of hydrogen-bond donors (Lipinski definition) is 1. The van der Waals surface area contributed by atoms with Crippen LogP contribution in [0, 0.1) is 6.92 Å². The van der Waals surface area contributed by atoms with Crippen LogP contribution in [0.25, 0.3) is 11.3 Å². The number of amides is 1. The normalized spacial score (nSPS) is 14.6. The fraction of sp³-hybridized carbons (Fsp3) is 0.273. The van der Waals surface area contributed by atoms with Crippen LogP contribution < -0.4 is 15.0 Å². The molecule has 6 nitrogen and oxygen atoms in total. The Morgan fingerprint density at radius 3 is 2.49 bits per heavy atom. The second kappa shape index (κ2) is 12.1. The van der Waals surface area contributed by atoms with Crippen LogP contribution in [0.4, 0.5) is 5.69 Å². The molecule has 6 heteroatoms. The molecule has 1 aromatic heterocycles.